The lowest BCUT2D eigenvalue weighted by Gasteiger charge is -2.15. The van der Waals surface area contributed by atoms with E-state index in [1.165, 1.54) is 0 Å². The molecule has 0 fully saturated rings. The molecule has 0 aliphatic heterocycles. The van der Waals surface area contributed by atoms with Crippen LogP contribution in [0.15, 0.2) is 0 Å². The molecular formula is C8H16N2O4. The van der Waals surface area contributed by atoms with Crippen LogP contribution in [0.3, 0.4) is 0 Å². The Morgan fingerprint density at radius 3 is 2.29 bits per heavy atom. The van der Waals surface area contributed by atoms with E-state index in [-0.39, 0.29) is 12.5 Å². The Bertz CT molecular complexity index is 217. The summed E-state index contributed by atoms with van der Waals surface area (Å²) < 4.78 is 0. The Morgan fingerprint density at radius 1 is 1.43 bits per heavy atom. The number of aliphatic hydroxyl groups is 1. The maximum Gasteiger partial charge on any atom is 0.334 e. The van der Waals surface area contributed by atoms with Crippen LogP contribution in [0.25, 0.3) is 0 Å². The molecule has 14 heavy (non-hydrogen) atoms. The van der Waals surface area contributed by atoms with Crippen molar-refractivity contribution in [1.29, 1.82) is 0 Å². The van der Waals surface area contributed by atoms with Crippen LogP contribution in [-0.4, -0.2) is 40.8 Å². The van der Waals surface area contributed by atoms with Crippen LogP contribution in [0.1, 0.15) is 13.8 Å². The SMILES string of the molecule is CC(C)C(N)C(=O)NC[C@H](O)C(=O)O. The molecule has 0 aromatic carbocycles. The van der Waals surface area contributed by atoms with Crippen LogP contribution in [-0.2, 0) is 9.59 Å². The number of nitrogens with two attached hydrogens (primary N) is 1. The molecule has 0 aromatic heterocycles. The standard InChI is InChI=1S/C8H16N2O4/c1-4(2)6(9)7(12)10-3-5(11)8(13)14/h4-6,11H,3,9H2,1-2H3,(H,10,12)(H,13,14)/t5-,6?/m0/s1. The van der Waals surface area contributed by atoms with E-state index in [1.807, 2.05) is 0 Å². The van der Waals surface area contributed by atoms with E-state index in [9.17, 15) is 9.59 Å². The van der Waals surface area contributed by atoms with Gasteiger partial charge in [-0.1, -0.05) is 13.8 Å². The average molecular weight is 204 g/mol. The molecule has 1 amide bonds. The largest absolute Gasteiger partial charge is 0.479 e. The van der Waals surface area contributed by atoms with Gasteiger partial charge in [0.1, 0.15) is 0 Å². The first-order valence-electron chi connectivity index (χ1n) is 4.30. The van der Waals surface area contributed by atoms with Crippen molar-refractivity contribution in [1.82, 2.24) is 5.32 Å². The zero-order chi connectivity index (χ0) is 11.3. The Morgan fingerprint density at radius 2 is 1.93 bits per heavy atom. The van der Waals surface area contributed by atoms with E-state index in [2.05, 4.69) is 5.32 Å². The molecule has 6 nitrogen and oxygen atoms in total. The summed E-state index contributed by atoms with van der Waals surface area (Å²) in [5, 5.41) is 19.4. The molecule has 0 aliphatic rings. The number of amides is 1. The van der Waals surface area contributed by atoms with Crippen molar-refractivity contribution >= 4 is 11.9 Å². The third-order valence-electron chi connectivity index (χ3n) is 1.78. The van der Waals surface area contributed by atoms with Gasteiger partial charge in [0.25, 0.3) is 0 Å². The van der Waals surface area contributed by atoms with Crippen LogP contribution in [0, 0.1) is 5.92 Å². The first-order valence-corrected chi connectivity index (χ1v) is 4.30. The van der Waals surface area contributed by atoms with Crippen LogP contribution in [0.4, 0.5) is 0 Å². The zero-order valence-corrected chi connectivity index (χ0v) is 8.23. The van der Waals surface area contributed by atoms with E-state index in [1.54, 1.807) is 13.8 Å². The van der Waals surface area contributed by atoms with Crippen LogP contribution >= 0.6 is 0 Å². The van der Waals surface area contributed by atoms with Gasteiger partial charge in [-0.05, 0) is 5.92 Å². The molecule has 0 heterocycles. The fraction of sp³-hybridized carbons (Fsp3) is 0.750. The average Bonchev–Trinajstić information content (AvgIpc) is 2.11. The number of carboxylic acid groups (broad SMARTS) is 1. The highest BCUT2D eigenvalue weighted by molar-refractivity contribution is 5.82. The third kappa shape index (κ3) is 4.20. The molecule has 0 rings (SSSR count). The minimum atomic E-state index is -1.58. The molecule has 0 radical (unpaired) electrons. The van der Waals surface area contributed by atoms with Crippen molar-refractivity contribution in [2.45, 2.75) is 26.0 Å². The van der Waals surface area contributed by atoms with Gasteiger partial charge < -0.3 is 21.3 Å². The van der Waals surface area contributed by atoms with Gasteiger partial charge in [0, 0.05) is 0 Å². The molecule has 0 bridgehead atoms. The highest BCUT2D eigenvalue weighted by atomic mass is 16.4. The molecule has 0 saturated carbocycles. The summed E-state index contributed by atoms with van der Waals surface area (Å²) in [6.45, 7) is 3.23. The number of aliphatic hydroxyl groups excluding tert-OH is 1. The van der Waals surface area contributed by atoms with Crippen molar-refractivity contribution in [3.63, 3.8) is 0 Å². The van der Waals surface area contributed by atoms with E-state index >= 15 is 0 Å². The lowest BCUT2D eigenvalue weighted by atomic mass is 10.1. The van der Waals surface area contributed by atoms with E-state index in [4.69, 9.17) is 15.9 Å². The van der Waals surface area contributed by atoms with E-state index < -0.39 is 24.0 Å². The highest BCUT2D eigenvalue weighted by Crippen LogP contribution is 1.97. The van der Waals surface area contributed by atoms with Gasteiger partial charge >= 0.3 is 5.97 Å². The van der Waals surface area contributed by atoms with Crippen LogP contribution in [0.2, 0.25) is 0 Å². The van der Waals surface area contributed by atoms with Gasteiger partial charge in [-0.25, -0.2) is 4.79 Å². The predicted molar refractivity (Wildman–Crippen MR) is 49.5 cm³/mol. The van der Waals surface area contributed by atoms with Gasteiger partial charge in [-0.2, -0.15) is 0 Å². The molecule has 0 aliphatic carbocycles. The van der Waals surface area contributed by atoms with E-state index in [0.717, 1.165) is 0 Å². The van der Waals surface area contributed by atoms with Crippen LogP contribution < -0.4 is 11.1 Å². The normalized spacial score (nSPS) is 14.9. The lowest BCUT2D eigenvalue weighted by molar-refractivity contribution is -0.146. The second-order valence-corrected chi connectivity index (χ2v) is 3.37. The fourth-order valence-electron chi connectivity index (χ4n) is 0.705. The van der Waals surface area contributed by atoms with Gasteiger partial charge in [0.05, 0.1) is 12.6 Å². The number of hydrogen-bond acceptors (Lipinski definition) is 4. The predicted octanol–water partition coefficient (Wildman–Crippen LogP) is -1.47. The molecule has 0 spiro atoms. The van der Waals surface area contributed by atoms with Crippen molar-refractivity contribution in [3.8, 4) is 0 Å². The van der Waals surface area contributed by atoms with Crippen LogP contribution in [0.5, 0.6) is 0 Å². The summed E-state index contributed by atoms with van der Waals surface area (Å²) in [4.78, 5) is 21.4. The number of rotatable bonds is 5. The number of carbonyl (C=O) groups is 2. The summed E-state index contributed by atoms with van der Waals surface area (Å²) in [5.74, 6) is -1.86. The molecule has 1 unspecified atom stereocenters. The number of aliphatic carboxylic acids is 1. The Hall–Kier alpha value is -1.14. The Balaban J connectivity index is 3.91. The maximum atomic E-state index is 11.2. The first-order chi connectivity index (χ1) is 6.36. The Labute approximate surface area is 82.1 Å². The molecular weight excluding hydrogens is 188 g/mol. The minimum Gasteiger partial charge on any atom is -0.479 e. The molecule has 0 aromatic rings. The quantitative estimate of drug-likeness (QED) is 0.437. The Kier molecular flexibility index (Phi) is 5.11. The van der Waals surface area contributed by atoms with Crippen molar-refractivity contribution < 1.29 is 19.8 Å². The van der Waals surface area contributed by atoms with Gasteiger partial charge in [0.2, 0.25) is 5.91 Å². The molecule has 6 heteroatoms. The minimum absolute atomic E-state index is 0.0306. The van der Waals surface area contributed by atoms with Gasteiger partial charge in [-0.3, -0.25) is 4.79 Å². The summed E-state index contributed by atoms with van der Waals surface area (Å²) in [6.07, 6.45) is -1.58. The fourth-order valence-corrected chi connectivity index (χ4v) is 0.705. The number of nitrogens with one attached hydrogen (secondary N) is 1. The highest BCUT2D eigenvalue weighted by Gasteiger charge is 2.19. The number of carboxylic acids is 1. The smallest absolute Gasteiger partial charge is 0.334 e. The third-order valence-corrected chi connectivity index (χ3v) is 1.78. The topological polar surface area (TPSA) is 113 Å². The first kappa shape index (κ1) is 12.9. The summed E-state index contributed by atoms with van der Waals surface area (Å²) >= 11 is 0. The molecule has 2 atom stereocenters. The second kappa shape index (κ2) is 5.56. The lowest BCUT2D eigenvalue weighted by Crippen LogP contribution is -2.47. The van der Waals surface area contributed by atoms with E-state index in [0.29, 0.717) is 0 Å². The monoisotopic (exact) mass is 204 g/mol. The maximum absolute atomic E-state index is 11.2. The molecule has 5 N–H and O–H groups in total. The van der Waals surface area contributed by atoms with Crippen molar-refractivity contribution in [2.24, 2.45) is 11.7 Å². The van der Waals surface area contributed by atoms with Gasteiger partial charge in [0.15, 0.2) is 6.10 Å². The van der Waals surface area contributed by atoms with Crippen molar-refractivity contribution in [2.75, 3.05) is 6.54 Å². The molecule has 0 saturated heterocycles. The summed E-state index contributed by atoms with van der Waals surface area (Å²) in [5.41, 5.74) is 5.48. The van der Waals surface area contributed by atoms with Crippen molar-refractivity contribution in [3.05, 3.63) is 0 Å². The zero-order valence-electron chi connectivity index (χ0n) is 8.23. The number of carbonyl (C=O) groups excluding carboxylic acids is 1. The second-order valence-electron chi connectivity index (χ2n) is 3.37. The molecule has 82 valence electrons. The van der Waals surface area contributed by atoms with Gasteiger partial charge in [-0.15, -0.1) is 0 Å². The summed E-state index contributed by atoms with van der Waals surface area (Å²) in [7, 11) is 0. The summed E-state index contributed by atoms with van der Waals surface area (Å²) in [6, 6.07) is -0.684. The number of hydrogen-bond donors (Lipinski definition) is 4.